The molecule has 0 spiro atoms. The number of rotatable bonds is 3. The first-order valence-electron chi connectivity index (χ1n) is 7.39. The monoisotopic (exact) mass is 418 g/mol. The molecule has 0 radical (unpaired) electrons. The van der Waals surface area contributed by atoms with Gasteiger partial charge in [0.2, 0.25) is 0 Å². The van der Waals surface area contributed by atoms with Crippen LogP contribution in [0.4, 0.5) is 5.69 Å². The van der Waals surface area contributed by atoms with Gasteiger partial charge in [0.15, 0.2) is 5.96 Å². The zero-order valence-electron chi connectivity index (χ0n) is 14.0. The molecule has 0 N–H and O–H groups in total. The predicted octanol–water partition coefficient (Wildman–Crippen LogP) is 2.12. The van der Waals surface area contributed by atoms with E-state index in [0.717, 1.165) is 32.3 Å². The normalized spacial score (nSPS) is 14.1. The lowest BCUT2D eigenvalue weighted by Crippen LogP contribution is -2.37. The van der Waals surface area contributed by atoms with Gasteiger partial charge in [0.05, 0.1) is 19.8 Å². The van der Waals surface area contributed by atoms with Crippen LogP contribution in [-0.4, -0.2) is 70.3 Å². The molecule has 6 heteroatoms. The van der Waals surface area contributed by atoms with E-state index >= 15 is 0 Å². The Kier molecular flexibility index (Phi) is 7.95. The Bertz CT molecular complexity index is 475. The average molecular weight is 418 g/mol. The van der Waals surface area contributed by atoms with E-state index in [4.69, 9.17) is 9.73 Å². The summed E-state index contributed by atoms with van der Waals surface area (Å²) in [7, 11) is 8.08. The van der Waals surface area contributed by atoms with Crippen LogP contribution in [0.2, 0.25) is 0 Å². The molecule has 0 aromatic heterocycles. The standard InChI is InChI=1S/C16H26N4O.HI/c1-18(2)16(19(3)4)17-13-14-7-5-6-8-15(14)20-9-11-21-12-10-20;/h5-8H,9-13H2,1-4H3;1H. The Hall–Kier alpha value is -1.02. The number of benzene rings is 1. The topological polar surface area (TPSA) is 31.3 Å². The summed E-state index contributed by atoms with van der Waals surface area (Å²) >= 11 is 0. The fraction of sp³-hybridized carbons (Fsp3) is 0.562. The van der Waals surface area contributed by atoms with Crippen molar-refractivity contribution in [1.29, 1.82) is 0 Å². The summed E-state index contributed by atoms with van der Waals surface area (Å²) in [5.41, 5.74) is 2.54. The molecule has 0 amide bonds. The molecular weight excluding hydrogens is 391 g/mol. The van der Waals surface area contributed by atoms with Gasteiger partial charge >= 0.3 is 0 Å². The first-order chi connectivity index (χ1) is 10.1. The van der Waals surface area contributed by atoms with Crippen molar-refractivity contribution in [3.63, 3.8) is 0 Å². The highest BCUT2D eigenvalue weighted by molar-refractivity contribution is 14.0. The predicted molar refractivity (Wildman–Crippen MR) is 103 cm³/mol. The highest BCUT2D eigenvalue weighted by Gasteiger charge is 2.14. The average Bonchev–Trinajstić information content (AvgIpc) is 2.48. The minimum absolute atomic E-state index is 0. The highest BCUT2D eigenvalue weighted by atomic mass is 127. The number of para-hydroxylation sites is 1. The lowest BCUT2D eigenvalue weighted by Gasteiger charge is -2.30. The smallest absolute Gasteiger partial charge is 0.195 e. The van der Waals surface area contributed by atoms with Gasteiger partial charge in [0.1, 0.15) is 0 Å². The van der Waals surface area contributed by atoms with Crippen LogP contribution < -0.4 is 4.90 Å². The van der Waals surface area contributed by atoms with Gasteiger partial charge in [-0.2, -0.15) is 0 Å². The maximum atomic E-state index is 5.44. The Labute approximate surface area is 151 Å². The first kappa shape index (κ1) is 19.0. The Balaban J connectivity index is 0.00000242. The van der Waals surface area contributed by atoms with Crippen LogP contribution >= 0.6 is 24.0 Å². The molecule has 0 bridgehead atoms. The summed E-state index contributed by atoms with van der Waals surface area (Å²) in [4.78, 5) is 11.2. The molecule has 5 nitrogen and oxygen atoms in total. The lowest BCUT2D eigenvalue weighted by atomic mass is 10.1. The molecule has 0 atom stereocenters. The molecule has 1 heterocycles. The third-order valence-electron chi connectivity index (χ3n) is 3.53. The number of morpholine rings is 1. The molecule has 124 valence electrons. The van der Waals surface area contributed by atoms with Crippen molar-refractivity contribution < 1.29 is 4.74 Å². The summed E-state index contributed by atoms with van der Waals surface area (Å²) in [5.74, 6) is 0.979. The Morgan fingerprint density at radius 2 is 1.68 bits per heavy atom. The number of hydrogen-bond acceptors (Lipinski definition) is 3. The van der Waals surface area contributed by atoms with E-state index in [-0.39, 0.29) is 24.0 Å². The fourth-order valence-corrected chi connectivity index (χ4v) is 2.60. The van der Waals surface area contributed by atoms with Crippen LogP contribution in [0, 0.1) is 0 Å². The number of guanidine groups is 1. The molecule has 1 aromatic carbocycles. The van der Waals surface area contributed by atoms with Crippen LogP contribution in [0.3, 0.4) is 0 Å². The van der Waals surface area contributed by atoms with Gasteiger partial charge in [-0.3, -0.25) is 0 Å². The van der Waals surface area contributed by atoms with Crippen LogP contribution in [0.5, 0.6) is 0 Å². The van der Waals surface area contributed by atoms with Crippen LogP contribution in [0.25, 0.3) is 0 Å². The number of nitrogens with zero attached hydrogens (tertiary/aromatic N) is 4. The van der Waals surface area contributed by atoms with Crippen molar-refractivity contribution in [1.82, 2.24) is 9.80 Å². The van der Waals surface area contributed by atoms with Gasteiger partial charge in [0.25, 0.3) is 0 Å². The van der Waals surface area contributed by atoms with Crippen LogP contribution in [0.1, 0.15) is 5.56 Å². The van der Waals surface area contributed by atoms with Gasteiger partial charge < -0.3 is 19.4 Å². The van der Waals surface area contributed by atoms with Gasteiger partial charge in [-0.05, 0) is 11.6 Å². The Morgan fingerprint density at radius 1 is 1.09 bits per heavy atom. The van der Waals surface area contributed by atoms with E-state index in [1.54, 1.807) is 0 Å². The molecule has 0 aliphatic carbocycles. The number of ether oxygens (including phenoxy) is 1. The molecule has 1 saturated heterocycles. The molecule has 1 aliphatic heterocycles. The number of hydrogen-bond donors (Lipinski definition) is 0. The van der Waals surface area contributed by atoms with Crippen LogP contribution in [-0.2, 0) is 11.3 Å². The zero-order valence-corrected chi connectivity index (χ0v) is 16.3. The maximum Gasteiger partial charge on any atom is 0.195 e. The Morgan fingerprint density at radius 3 is 2.27 bits per heavy atom. The first-order valence-corrected chi connectivity index (χ1v) is 7.39. The SMILES string of the molecule is CN(C)C(=NCc1ccccc1N1CCOCC1)N(C)C.I. The molecule has 1 aromatic rings. The van der Waals surface area contributed by atoms with Crippen molar-refractivity contribution in [2.75, 3.05) is 59.4 Å². The molecule has 1 fully saturated rings. The number of aliphatic imine (C=N–C) groups is 1. The summed E-state index contributed by atoms with van der Waals surface area (Å²) in [5, 5.41) is 0. The third-order valence-corrected chi connectivity index (χ3v) is 3.53. The summed E-state index contributed by atoms with van der Waals surface area (Å²) in [6, 6.07) is 8.52. The van der Waals surface area contributed by atoms with Gasteiger partial charge in [-0.1, -0.05) is 18.2 Å². The third kappa shape index (κ3) is 5.01. The van der Waals surface area contributed by atoms with Gasteiger partial charge in [0, 0.05) is 47.0 Å². The molecule has 0 saturated carbocycles. The van der Waals surface area contributed by atoms with Crippen molar-refractivity contribution in [2.24, 2.45) is 4.99 Å². The zero-order chi connectivity index (χ0) is 15.2. The van der Waals surface area contributed by atoms with Gasteiger partial charge in [-0.15, -0.1) is 24.0 Å². The van der Waals surface area contributed by atoms with Crippen molar-refractivity contribution in [3.8, 4) is 0 Å². The minimum atomic E-state index is 0. The number of anilines is 1. The van der Waals surface area contributed by atoms with Crippen molar-refractivity contribution in [3.05, 3.63) is 29.8 Å². The van der Waals surface area contributed by atoms with Crippen molar-refractivity contribution >= 4 is 35.6 Å². The quantitative estimate of drug-likeness (QED) is 0.428. The van der Waals surface area contributed by atoms with E-state index in [1.807, 2.05) is 38.0 Å². The summed E-state index contributed by atoms with van der Waals surface area (Å²) in [6.45, 7) is 4.21. The second kappa shape index (κ2) is 9.19. The second-order valence-electron chi connectivity index (χ2n) is 5.63. The molecule has 0 unspecified atom stereocenters. The molecular formula is C16H27IN4O. The summed E-state index contributed by atoms with van der Waals surface area (Å²) in [6.07, 6.45) is 0. The van der Waals surface area contributed by atoms with E-state index in [2.05, 4.69) is 29.2 Å². The minimum Gasteiger partial charge on any atom is -0.378 e. The molecule has 1 aliphatic rings. The highest BCUT2D eigenvalue weighted by Crippen LogP contribution is 2.22. The lowest BCUT2D eigenvalue weighted by molar-refractivity contribution is 0.122. The number of halogens is 1. The fourth-order valence-electron chi connectivity index (χ4n) is 2.60. The van der Waals surface area contributed by atoms with E-state index in [1.165, 1.54) is 11.3 Å². The van der Waals surface area contributed by atoms with Gasteiger partial charge in [-0.25, -0.2) is 4.99 Å². The molecule has 2 rings (SSSR count). The second-order valence-corrected chi connectivity index (χ2v) is 5.63. The van der Waals surface area contributed by atoms with E-state index in [0.29, 0.717) is 6.54 Å². The summed E-state index contributed by atoms with van der Waals surface area (Å²) < 4.78 is 5.44. The largest absolute Gasteiger partial charge is 0.378 e. The molecule has 22 heavy (non-hydrogen) atoms. The van der Waals surface area contributed by atoms with E-state index < -0.39 is 0 Å². The van der Waals surface area contributed by atoms with Crippen LogP contribution in [0.15, 0.2) is 29.3 Å². The van der Waals surface area contributed by atoms with E-state index in [9.17, 15) is 0 Å². The maximum absolute atomic E-state index is 5.44. The van der Waals surface area contributed by atoms with Crippen molar-refractivity contribution in [2.45, 2.75) is 6.54 Å².